The predicted octanol–water partition coefficient (Wildman–Crippen LogP) is 3.33. The number of aryl methyl sites for hydroxylation is 2. The quantitative estimate of drug-likeness (QED) is 0.606. The fourth-order valence-corrected chi connectivity index (χ4v) is 4.15. The van der Waals surface area contributed by atoms with Gasteiger partial charge in [-0.25, -0.2) is 4.39 Å². The molecule has 2 N–H and O–H groups in total. The Hall–Kier alpha value is -3.45. The highest BCUT2D eigenvalue weighted by atomic mass is 19.1. The Kier molecular flexibility index (Phi) is 6.37. The van der Waals surface area contributed by atoms with Crippen molar-refractivity contribution in [3.63, 3.8) is 0 Å². The first-order valence-electron chi connectivity index (χ1n) is 10.7. The van der Waals surface area contributed by atoms with E-state index >= 15 is 0 Å². The van der Waals surface area contributed by atoms with E-state index in [2.05, 4.69) is 33.7 Å². The van der Waals surface area contributed by atoms with Gasteiger partial charge < -0.3 is 15.2 Å². The fourth-order valence-electron chi connectivity index (χ4n) is 4.15. The van der Waals surface area contributed by atoms with Crippen molar-refractivity contribution in [2.24, 2.45) is 7.05 Å². The van der Waals surface area contributed by atoms with Gasteiger partial charge in [0, 0.05) is 44.3 Å². The van der Waals surface area contributed by atoms with Gasteiger partial charge in [-0.2, -0.15) is 0 Å². The van der Waals surface area contributed by atoms with Crippen molar-refractivity contribution in [2.45, 2.75) is 25.9 Å². The summed E-state index contributed by atoms with van der Waals surface area (Å²) in [4.78, 5) is 27.2. The summed E-state index contributed by atoms with van der Waals surface area (Å²) in [6, 6.07) is 16.6. The van der Waals surface area contributed by atoms with Gasteiger partial charge >= 0.3 is 11.8 Å². The summed E-state index contributed by atoms with van der Waals surface area (Å²) in [6.45, 7) is 3.55. The second-order valence-electron chi connectivity index (χ2n) is 8.18. The molecule has 1 aromatic heterocycles. The molecule has 4 rings (SSSR count). The molecule has 1 aliphatic heterocycles. The van der Waals surface area contributed by atoms with Crippen LogP contribution in [0.15, 0.2) is 60.8 Å². The van der Waals surface area contributed by atoms with E-state index < -0.39 is 17.6 Å². The van der Waals surface area contributed by atoms with E-state index in [1.165, 1.54) is 17.2 Å². The molecule has 1 unspecified atom stereocenters. The molecular formula is C25H27FN4O2. The summed E-state index contributed by atoms with van der Waals surface area (Å²) in [5.41, 5.74) is 4.41. The first-order chi connectivity index (χ1) is 15.4. The third-order valence-corrected chi connectivity index (χ3v) is 6.02. The van der Waals surface area contributed by atoms with Gasteiger partial charge in [0.25, 0.3) is 0 Å². The molecule has 0 saturated carbocycles. The van der Waals surface area contributed by atoms with E-state index in [4.69, 9.17) is 0 Å². The summed E-state index contributed by atoms with van der Waals surface area (Å²) in [5, 5.41) is 5.23. The van der Waals surface area contributed by atoms with Crippen LogP contribution in [0.4, 0.5) is 10.1 Å². The average Bonchev–Trinajstić information content (AvgIpc) is 3.21. The van der Waals surface area contributed by atoms with Crippen molar-refractivity contribution in [1.82, 2.24) is 14.8 Å². The first kappa shape index (κ1) is 21.8. The molecule has 7 heteroatoms. The molecule has 0 radical (unpaired) electrons. The molecule has 6 nitrogen and oxygen atoms in total. The van der Waals surface area contributed by atoms with Crippen LogP contribution in [0.1, 0.15) is 28.4 Å². The van der Waals surface area contributed by atoms with Crippen LogP contribution in [0.3, 0.4) is 0 Å². The van der Waals surface area contributed by atoms with Crippen LogP contribution in [0, 0.1) is 12.7 Å². The van der Waals surface area contributed by atoms with Gasteiger partial charge in [0.2, 0.25) is 0 Å². The fraction of sp³-hybridized carbons (Fsp3) is 0.280. The third-order valence-electron chi connectivity index (χ3n) is 6.02. The molecule has 32 heavy (non-hydrogen) atoms. The Bertz CT molecular complexity index is 1140. The number of nitrogens with one attached hydrogen (secondary N) is 2. The highest BCUT2D eigenvalue weighted by Gasteiger charge is 2.27. The van der Waals surface area contributed by atoms with E-state index in [0.717, 1.165) is 25.2 Å². The van der Waals surface area contributed by atoms with Gasteiger partial charge in [0.1, 0.15) is 5.82 Å². The summed E-state index contributed by atoms with van der Waals surface area (Å²) in [5.74, 6) is -2.00. The minimum absolute atomic E-state index is 0.0862. The van der Waals surface area contributed by atoms with Crippen molar-refractivity contribution >= 4 is 17.5 Å². The Morgan fingerprint density at radius 3 is 2.56 bits per heavy atom. The molecule has 1 atom stereocenters. The van der Waals surface area contributed by atoms with Crippen molar-refractivity contribution < 1.29 is 14.0 Å². The Labute approximate surface area is 187 Å². The van der Waals surface area contributed by atoms with Crippen LogP contribution in [0.5, 0.6) is 0 Å². The van der Waals surface area contributed by atoms with E-state index in [-0.39, 0.29) is 18.3 Å². The number of aromatic nitrogens is 1. The van der Waals surface area contributed by atoms with E-state index in [0.29, 0.717) is 5.56 Å². The molecular weight excluding hydrogens is 407 g/mol. The molecule has 1 aliphatic rings. The number of hydrogen-bond donors (Lipinski definition) is 2. The lowest BCUT2D eigenvalue weighted by Gasteiger charge is -2.36. The van der Waals surface area contributed by atoms with Crippen molar-refractivity contribution in [3.8, 4) is 0 Å². The van der Waals surface area contributed by atoms with Gasteiger partial charge in [-0.05, 0) is 54.3 Å². The van der Waals surface area contributed by atoms with Crippen molar-refractivity contribution in [2.75, 3.05) is 18.4 Å². The van der Waals surface area contributed by atoms with E-state index in [1.807, 2.05) is 36.0 Å². The molecule has 166 valence electrons. The number of rotatable bonds is 5. The number of amides is 2. The van der Waals surface area contributed by atoms with Gasteiger partial charge in [-0.3, -0.25) is 14.5 Å². The number of nitrogens with zero attached hydrogens (tertiary/aromatic N) is 2. The van der Waals surface area contributed by atoms with Crippen LogP contribution in [-0.2, 0) is 29.6 Å². The van der Waals surface area contributed by atoms with Gasteiger partial charge in [-0.15, -0.1) is 0 Å². The Morgan fingerprint density at radius 1 is 1.06 bits per heavy atom. The molecule has 3 aromatic rings. The van der Waals surface area contributed by atoms with Crippen LogP contribution in [-0.4, -0.2) is 34.4 Å². The zero-order valence-electron chi connectivity index (χ0n) is 18.3. The third kappa shape index (κ3) is 4.73. The number of fused-ring (bicyclic) bond motifs is 1. The molecule has 0 fully saturated rings. The molecule has 2 aromatic carbocycles. The summed E-state index contributed by atoms with van der Waals surface area (Å²) < 4.78 is 15.8. The SMILES string of the molecule is Cc1ccc(NC(=O)C(=O)NCC(c2cccn2C)N2CCc3ccccc3C2)cc1F. The molecule has 0 saturated heterocycles. The van der Waals surface area contributed by atoms with Crippen LogP contribution >= 0.6 is 0 Å². The predicted molar refractivity (Wildman–Crippen MR) is 121 cm³/mol. The molecule has 2 amide bonds. The number of anilines is 1. The van der Waals surface area contributed by atoms with Crippen LogP contribution < -0.4 is 10.6 Å². The maximum Gasteiger partial charge on any atom is 0.313 e. The lowest BCUT2D eigenvalue weighted by atomic mass is 9.98. The van der Waals surface area contributed by atoms with E-state index in [9.17, 15) is 14.0 Å². The normalized spacial score (nSPS) is 14.5. The van der Waals surface area contributed by atoms with Crippen molar-refractivity contribution in [1.29, 1.82) is 0 Å². The lowest BCUT2D eigenvalue weighted by molar-refractivity contribution is -0.136. The molecule has 0 bridgehead atoms. The van der Waals surface area contributed by atoms with E-state index in [1.54, 1.807) is 19.1 Å². The maximum absolute atomic E-state index is 13.7. The number of benzene rings is 2. The van der Waals surface area contributed by atoms with Crippen LogP contribution in [0.25, 0.3) is 0 Å². The smallest absolute Gasteiger partial charge is 0.313 e. The second kappa shape index (κ2) is 9.36. The first-order valence-corrected chi connectivity index (χ1v) is 10.7. The standard InChI is InChI=1S/C25H27FN4O2/c1-17-9-10-20(14-21(17)26)28-25(32)24(31)27-15-23(22-8-5-12-29(22)2)30-13-11-18-6-3-4-7-19(18)16-30/h3-10,12,14,23H,11,13,15-16H2,1-2H3,(H,27,31)(H,28,32). The maximum atomic E-state index is 13.7. The Balaban J connectivity index is 1.45. The molecule has 2 heterocycles. The minimum atomic E-state index is -0.817. The topological polar surface area (TPSA) is 66.4 Å². The Morgan fingerprint density at radius 2 is 1.84 bits per heavy atom. The minimum Gasteiger partial charge on any atom is -0.353 e. The second-order valence-corrected chi connectivity index (χ2v) is 8.18. The largest absolute Gasteiger partial charge is 0.353 e. The van der Waals surface area contributed by atoms with Gasteiger partial charge in [0.05, 0.1) is 6.04 Å². The molecule has 0 aliphatic carbocycles. The van der Waals surface area contributed by atoms with Gasteiger partial charge in [-0.1, -0.05) is 30.3 Å². The number of carbonyl (C=O) groups is 2. The number of carbonyl (C=O) groups excluding carboxylic acids is 2. The highest BCUT2D eigenvalue weighted by Crippen LogP contribution is 2.27. The number of hydrogen-bond acceptors (Lipinski definition) is 3. The zero-order chi connectivity index (χ0) is 22.7. The highest BCUT2D eigenvalue weighted by molar-refractivity contribution is 6.39. The molecule has 0 spiro atoms. The average molecular weight is 435 g/mol. The summed E-state index contributed by atoms with van der Waals surface area (Å²) in [7, 11) is 1.97. The lowest BCUT2D eigenvalue weighted by Crippen LogP contribution is -2.44. The summed E-state index contributed by atoms with van der Waals surface area (Å²) in [6.07, 6.45) is 2.91. The number of halogens is 1. The zero-order valence-corrected chi connectivity index (χ0v) is 18.3. The van der Waals surface area contributed by atoms with Gasteiger partial charge in [0.15, 0.2) is 0 Å². The summed E-state index contributed by atoms with van der Waals surface area (Å²) >= 11 is 0. The van der Waals surface area contributed by atoms with Crippen molar-refractivity contribution in [3.05, 3.63) is 89.0 Å². The monoisotopic (exact) mass is 434 g/mol. The van der Waals surface area contributed by atoms with Crippen LogP contribution in [0.2, 0.25) is 0 Å².